The number of carbonyl (C=O) groups is 4. The van der Waals surface area contributed by atoms with Gasteiger partial charge in [-0.25, -0.2) is 9.69 Å². The van der Waals surface area contributed by atoms with E-state index in [4.69, 9.17) is 4.74 Å². The molecule has 1 heterocycles. The molecule has 3 amide bonds. The zero-order chi connectivity index (χ0) is 24.4. The van der Waals surface area contributed by atoms with Gasteiger partial charge in [-0.2, -0.15) is 0 Å². The second kappa shape index (κ2) is 9.31. The van der Waals surface area contributed by atoms with Crippen molar-refractivity contribution < 1.29 is 23.9 Å². The van der Waals surface area contributed by atoms with Crippen LogP contribution in [0, 0.1) is 13.8 Å². The molecule has 7 nitrogen and oxygen atoms in total. The number of hydrogen-bond donors (Lipinski definition) is 1. The van der Waals surface area contributed by atoms with E-state index in [2.05, 4.69) is 5.32 Å². The smallest absolute Gasteiger partial charge is 0.338 e. The standard InChI is InChI=1S/C27H24N2O5/c1-4-18-7-5-6-8-22(18)28-24(30)15-34-27(33)19-10-11-20-21(14-19)26(32)29(25(20)31)23-12-9-16(2)13-17(23)3/h5-14H,4,15H2,1-3H3,(H,28,30). The SMILES string of the molecule is CCc1ccccc1NC(=O)COC(=O)c1ccc2c(c1)C(=O)N(c1ccc(C)cc1C)C2=O. The van der Waals surface area contributed by atoms with Crippen LogP contribution >= 0.6 is 0 Å². The van der Waals surface area contributed by atoms with Gasteiger partial charge in [-0.1, -0.05) is 42.8 Å². The molecule has 0 unspecified atom stereocenters. The van der Waals surface area contributed by atoms with E-state index >= 15 is 0 Å². The Morgan fingerprint density at radius 2 is 1.65 bits per heavy atom. The van der Waals surface area contributed by atoms with E-state index in [1.807, 2.05) is 51.1 Å². The number of anilines is 2. The number of hydrogen-bond acceptors (Lipinski definition) is 5. The minimum Gasteiger partial charge on any atom is -0.452 e. The molecule has 3 aromatic carbocycles. The van der Waals surface area contributed by atoms with E-state index < -0.39 is 30.3 Å². The highest BCUT2D eigenvalue weighted by Gasteiger charge is 2.37. The Hall–Kier alpha value is -4.26. The van der Waals surface area contributed by atoms with E-state index in [0.29, 0.717) is 11.4 Å². The second-order valence-electron chi connectivity index (χ2n) is 8.13. The Labute approximate surface area is 197 Å². The normalized spacial score (nSPS) is 12.5. The highest BCUT2D eigenvalue weighted by Crippen LogP contribution is 2.31. The molecule has 0 saturated carbocycles. The molecule has 1 aliphatic rings. The Morgan fingerprint density at radius 3 is 2.38 bits per heavy atom. The lowest BCUT2D eigenvalue weighted by Crippen LogP contribution is -2.30. The van der Waals surface area contributed by atoms with E-state index in [1.165, 1.54) is 18.2 Å². The summed E-state index contributed by atoms with van der Waals surface area (Å²) in [6.07, 6.45) is 0.747. The molecule has 1 N–H and O–H groups in total. The van der Waals surface area contributed by atoms with Gasteiger partial charge in [0.15, 0.2) is 6.61 Å². The summed E-state index contributed by atoms with van der Waals surface area (Å²) in [5.74, 6) is -2.18. The van der Waals surface area contributed by atoms with Crippen LogP contribution in [0.5, 0.6) is 0 Å². The monoisotopic (exact) mass is 456 g/mol. The quantitative estimate of drug-likeness (QED) is 0.437. The van der Waals surface area contributed by atoms with Crippen molar-refractivity contribution in [2.24, 2.45) is 0 Å². The predicted octanol–water partition coefficient (Wildman–Crippen LogP) is 4.46. The van der Waals surface area contributed by atoms with Gasteiger partial charge in [0.05, 0.1) is 22.4 Å². The van der Waals surface area contributed by atoms with Gasteiger partial charge in [0.2, 0.25) is 0 Å². The number of rotatable bonds is 6. The van der Waals surface area contributed by atoms with Gasteiger partial charge in [0, 0.05) is 5.69 Å². The number of para-hydroxylation sites is 1. The molecule has 4 rings (SSSR count). The molecule has 7 heteroatoms. The number of esters is 1. The van der Waals surface area contributed by atoms with Crippen molar-refractivity contribution in [1.29, 1.82) is 0 Å². The van der Waals surface area contributed by atoms with Crippen molar-refractivity contribution in [3.05, 3.63) is 94.0 Å². The van der Waals surface area contributed by atoms with Crippen molar-refractivity contribution in [3.8, 4) is 0 Å². The molecule has 0 atom stereocenters. The largest absolute Gasteiger partial charge is 0.452 e. The first-order chi connectivity index (χ1) is 16.3. The van der Waals surface area contributed by atoms with Gasteiger partial charge in [-0.05, 0) is 61.7 Å². The van der Waals surface area contributed by atoms with Crippen LogP contribution < -0.4 is 10.2 Å². The zero-order valence-electron chi connectivity index (χ0n) is 19.2. The summed E-state index contributed by atoms with van der Waals surface area (Å²) >= 11 is 0. The van der Waals surface area contributed by atoms with Crippen molar-refractivity contribution >= 4 is 35.1 Å². The van der Waals surface area contributed by atoms with Crippen LogP contribution in [0.3, 0.4) is 0 Å². The minimum atomic E-state index is -0.757. The molecule has 0 aromatic heterocycles. The van der Waals surface area contributed by atoms with E-state index in [0.717, 1.165) is 28.0 Å². The third kappa shape index (κ3) is 4.32. The molecular weight excluding hydrogens is 432 g/mol. The second-order valence-corrected chi connectivity index (χ2v) is 8.13. The zero-order valence-corrected chi connectivity index (χ0v) is 19.2. The number of imide groups is 1. The predicted molar refractivity (Wildman–Crippen MR) is 128 cm³/mol. The molecular formula is C27H24N2O5. The fraction of sp³-hybridized carbons (Fsp3) is 0.185. The third-order valence-corrected chi connectivity index (χ3v) is 5.72. The number of fused-ring (bicyclic) bond motifs is 1. The summed E-state index contributed by atoms with van der Waals surface area (Å²) in [4.78, 5) is 51.9. The Kier molecular flexibility index (Phi) is 6.27. The first-order valence-corrected chi connectivity index (χ1v) is 10.9. The summed E-state index contributed by atoms with van der Waals surface area (Å²) < 4.78 is 5.14. The van der Waals surface area contributed by atoms with E-state index in [9.17, 15) is 19.2 Å². The van der Waals surface area contributed by atoms with Crippen molar-refractivity contribution in [2.75, 3.05) is 16.8 Å². The molecule has 0 saturated heterocycles. The summed E-state index contributed by atoms with van der Waals surface area (Å²) in [6.45, 7) is 5.26. The molecule has 3 aromatic rings. The number of amides is 3. The maximum Gasteiger partial charge on any atom is 0.338 e. The van der Waals surface area contributed by atoms with Crippen LogP contribution in [0.2, 0.25) is 0 Å². The fourth-order valence-corrected chi connectivity index (χ4v) is 3.99. The van der Waals surface area contributed by atoms with Crippen molar-refractivity contribution in [3.63, 3.8) is 0 Å². The number of ether oxygens (including phenoxy) is 1. The summed E-state index contributed by atoms with van der Waals surface area (Å²) in [6, 6.07) is 17.0. The highest BCUT2D eigenvalue weighted by atomic mass is 16.5. The number of aryl methyl sites for hydroxylation is 3. The Balaban J connectivity index is 1.47. The summed E-state index contributed by atoms with van der Waals surface area (Å²) in [5, 5.41) is 2.73. The van der Waals surface area contributed by atoms with Crippen molar-refractivity contribution in [2.45, 2.75) is 27.2 Å². The molecule has 0 spiro atoms. The third-order valence-electron chi connectivity index (χ3n) is 5.72. The lowest BCUT2D eigenvalue weighted by molar-refractivity contribution is -0.119. The molecule has 172 valence electrons. The maximum absolute atomic E-state index is 13.0. The Bertz CT molecular complexity index is 1330. The molecule has 0 aliphatic carbocycles. The molecule has 1 aliphatic heterocycles. The van der Waals surface area contributed by atoms with Crippen LogP contribution in [0.4, 0.5) is 11.4 Å². The topological polar surface area (TPSA) is 92.8 Å². The van der Waals surface area contributed by atoms with Crippen molar-refractivity contribution in [1.82, 2.24) is 0 Å². The molecule has 0 radical (unpaired) electrons. The van der Waals surface area contributed by atoms with Crippen LogP contribution in [0.25, 0.3) is 0 Å². The average Bonchev–Trinajstić information content (AvgIpc) is 3.07. The fourth-order valence-electron chi connectivity index (χ4n) is 3.99. The number of nitrogens with one attached hydrogen (secondary N) is 1. The molecule has 34 heavy (non-hydrogen) atoms. The number of nitrogens with zero attached hydrogens (tertiary/aromatic N) is 1. The lowest BCUT2D eigenvalue weighted by Gasteiger charge is -2.16. The number of benzene rings is 3. The van der Waals surface area contributed by atoms with Gasteiger partial charge < -0.3 is 10.1 Å². The van der Waals surface area contributed by atoms with Crippen LogP contribution in [-0.4, -0.2) is 30.3 Å². The molecule has 0 bridgehead atoms. The van der Waals surface area contributed by atoms with Crippen LogP contribution in [0.1, 0.15) is 54.7 Å². The maximum atomic E-state index is 13.0. The average molecular weight is 456 g/mol. The highest BCUT2D eigenvalue weighted by molar-refractivity contribution is 6.35. The Morgan fingerprint density at radius 1 is 0.912 bits per heavy atom. The summed E-state index contributed by atoms with van der Waals surface area (Å²) in [7, 11) is 0. The van der Waals surface area contributed by atoms with Crippen LogP contribution in [0.15, 0.2) is 60.7 Å². The van der Waals surface area contributed by atoms with Gasteiger partial charge in [-0.15, -0.1) is 0 Å². The van der Waals surface area contributed by atoms with Gasteiger partial charge in [0.25, 0.3) is 17.7 Å². The molecule has 0 fully saturated rings. The van der Waals surface area contributed by atoms with E-state index in [1.54, 1.807) is 12.1 Å². The van der Waals surface area contributed by atoms with Gasteiger partial charge in [-0.3, -0.25) is 14.4 Å². The van der Waals surface area contributed by atoms with Gasteiger partial charge in [0.1, 0.15) is 0 Å². The van der Waals surface area contributed by atoms with E-state index in [-0.39, 0.29) is 16.7 Å². The first-order valence-electron chi connectivity index (χ1n) is 10.9. The summed E-state index contributed by atoms with van der Waals surface area (Å²) in [5.41, 5.74) is 4.39. The first kappa shape index (κ1) is 22.9. The van der Waals surface area contributed by atoms with Gasteiger partial charge >= 0.3 is 5.97 Å². The van der Waals surface area contributed by atoms with Crippen LogP contribution in [-0.2, 0) is 16.0 Å². The minimum absolute atomic E-state index is 0.0872. The number of carbonyl (C=O) groups excluding carboxylic acids is 4. The lowest BCUT2D eigenvalue weighted by atomic mass is 10.1.